The molecule has 0 aromatic rings. The van der Waals surface area contributed by atoms with Crippen molar-refractivity contribution >= 4 is 11.9 Å². The van der Waals surface area contributed by atoms with Crippen molar-refractivity contribution in [3.8, 4) is 0 Å². The van der Waals surface area contributed by atoms with E-state index in [0.29, 0.717) is 11.1 Å². The fourth-order valence-corrected chi connectivity index (χ4v) is 2.99. The number of carbonyl (C=O) groups is 2. The molecule has 1 aliphatic carbocycles. The van der Waals surface area contributed by atoms with E-state index in [1.807, 2.05) is 0 Å². The summed E-state index contributed by atoms with van der Waals surface area (Å²) in [7, 11) is 0. The third-order valence-corrected chi connectivity index (χ3v) is 4.30. The van der Waals surface area contributed by atoms with E-state index in [-0.39, 0.29) is 18.4 Å². The molecular formula is C17H22O6. The molecular weight excluding hydrogens is 300 g/mol. The third-order valence-electron chi connectivity index (χ3n) is 4.30. The normalized spacial score (nSPS) is 37.5. The van der Waals surface area contributed by atoms with Crippen molar-refractivity contribution < 1.29 is 29.3 Å². The Labute approximate surface area is 135 Å². The second-order valence-corrected chi connectivity index (χ2v) is 6.11. The Bertz CT molecular complexity index is 576. The Kier molecular flexibility index (Phi) is 5.06. The Morgan fingerprint density at radius 2 is 2.04 bits per heavy atom. The molecule has 6 heteroatoms. The lowest BCUT2D eigenvalue weighted by atomic mass is 9.83. The highest BCUT2D eigenvalue weighted by atomic mass is 16.6. The minimum absolute atomic E-state index is 0.109. The van der Waals surface area contributed by atoms with Gasteiger partial charge in [0.05, 0.1) is 18.1 Å². The largest absolute Gasteiger partial charge is 0.458 e. The van der Waals surface area contributed by atoms with Crippen LogP contribution in [-0.2, 0) is 19.1 Å². The van der Waals surface area contributed by atoms with Crippen molar-refractivity contribution in [2.24, 2.45) is 5.92 Å². The van der Waals surface area contributed by atoms with Gasteiger partial charge < -0.3 is 19.7 Å². The summed E-state index contributed by atoms with van der Waals surface area (Å²) in [5.74, 6) is -1.64. The number of carbonyl (C=O) groups excluding carboxylic acids is 2. The van der Waals surface area contributed by atoms with Crippen LogP contribution in [-0.4, -0.2) is 46.6 Å². The van der Waals surface area contributed by atoms with Crippen molar-refractivity contribution in [3.63, 3.8) is 0 Å². The van der Waals surface area contributed by atoms with Crippen LogP contribution in [0.5, 0.6) is 0 Å². The van der Waals surface area contributed by atoms with Gasteiger partial charge in [0.2, 0.25) is 0 Å². The van der Waals surface area contributed by atoms with Crippen molar-refractivity contribution in [1.82, 2.24) is 0 Å². The summed E-state index contributed by atoms with van der Waals surface area (Å²) < 4.78 is 10.5. The first kappa shape index (κ1) is 17.4. The van der Waals surface area contributed by atoms with Crippen LogP contribution in [0.2, 0.25) is 0 Å². The predicted octanol–water partition coefficient (Wildman–Crippen LogP) is 1.03. The molecule has 23 heavy (non-hydrogen) atoms. The Morgan fingerprint density at radius 3 is 2.65 bits per heavy atom. The zero-order chi connectivity index (χ0) is 17.3. The standard InChI is InChI=1S/C17H22O6/c1-8-5-13(20)16-10(3)17(21)23-15(16)6-9(2)14(7-12(8)19)22-11(4)18/h6,12-16,19-20H,1,3,5,7H2,2,4H3/b9-6+/t12-,13-,14+,15-,16-/m0/s1. The van der Waals surface area contributed by atoms with Crippen molar-refractivity contribution in [3.05, 3.63) is 36.0 Å². The Balaban J connectivity index is 2.40. The van der Waals surface area contributed by atoms with E-state index >= 15 is 0 Å². The SMILES string of the molecule is C=C1C(=O)O[C@H]2/C=C(\C)[C@H](OC(C)=O)C[C@H](O)C(=C)C[C@H](O)[C@H]12. The zero-order valence-corrected chi connectivity index (χ0v) is 13.3. The predicted molar refractivity (Wildman–Crippen MR) is 82.2 cm³/mol. The van der Waals surface area contributed by atoms with Crippen LogP contribution in [0, 0.1) is 5.92 Å². The second kappa shape index (κ2) is 6.68. The van der Waals surface area contributed by atoms with Crippen molar-refractivity contribution in [1.29, 1.82) is 0 Å². The fraction of sp³-hybridized carbons (Fsp3) is 0.529. The van der Waals surface area contributed by atoms with Crippen LogP contribution >= 0.6 is 0 Å². The van der Waals surface area contributed by atoms with E-state index in [1.165, 1.54) is 6.92 Å². The molecule has 0 amide bonds. The molecule has 1 saturated heterocycles. The summed E-state index contributed by atoms with van der Waals surface area (Å²) in [6.07, 6.45) is -1.29. The Hall–Kier alpha value is -1.92. The van der Waals surface area contributed by atoms with Gasteiger partial charge in [0.25, 0.3) is 0 Å². The highest BCUT2D eigenvalue weighted by Crippen LogP contribution is 2.35. The minimum atomic E-state index is -0.935. The number of rotatable bonds is 1. The number of hydrogen-bond donors (Lipinski definition) is 2. The van der Waals surface area contributed by atoms with Gasteiger partial charge in [-0.3, -0.25) is 4.79 Å². The van der Waals surface area contributed by atoms with E-state index in [0.717, 1.165) is 0 Å². The summed E-state index contributed by atoms with van der Waals surface area (Å²) in [4.78, 5) is 23.1. The van der Waals surface area contributed by atoms with Gasteiger partial charge in [-0.15, -0.1) is 0 Å². The molecule has 5 atom stereocenters. The first-order chi connectivity index (χ1) is 10.7. The van der Waals surface area contributed by atoms with Gasteiger partial charge in [-0.1, -0.05) is 13.2 Å². The zero-order valence-electron chi connectivity index (χ0n) is 13.3. The number of hydrogen-bond acceptors (Lipinski definition) is 6. The second-order valence-electron chi connectivity index (χ2n) is 6.11. The quantitative estimate of drug-likeness (QED) is 0.425. The van der Waals surface area contributed by atoms with Crippen LogP contribution in [0.25, 0.3) is 0 Å². The molecule has 6 nitrogen and oxygen atoms in total. The van der Waals surface area contributed by atoms with Gasteiger partial charge in [-0.2, -0.15) is 0 Å². The molecule has 0 aromatic heterocycles. The lowest BCUT2D eigenvalue weighted by molar-refractivity contribution is -0.146. The van der Waals surface area contributed by atoms with Crippen LogP contribution in [0.3, 0.4) is 0 Å². The smallest absolute Gasteiger partial charge is 0.334 e. The monoisotopic (exact) mass is 322 g/mol. The first-order valence-electron chi connectivity index (χ1n) is 7.49. The molecule has 1 aliphatic heterocycles. The molecule has 2 aliphatic rings. The van der Waals surface area contributed by atoms with E-state index in [4.69, 9.17) is 9.47 Å². The average molecular weight is 322 g/mol. The highest BCUT2D eigenvalue weighted by Gasteiger charge is 2.43. The molecule has 1 fully saturated rings. The number of aliphatic hydroxyl groups excluding tert-OH is 2. The van der Waals surface area contributed by atoms with E-state index in [2.05, 4.69) is 13.2 Å². The maximum Gasteiger partial charge on any atom is 0.334 e. The fourth-order valence-electron chi connectivity index (χ4n) is 2.99. The number of fused-ring (bicyclic) bond motifs is 1. The molecule has 0 unspecified atom stereocenters. The molecule has 0 aromatic carbocycles. The minimum Gasteiger partial charge on any atom is -0.458 e. The summed E-state index contributed by atoms with van der Waals surface area (Å²) in [6.45, 7) is 10.5. The molecule has 0 spiro atoms. The topological polar surface area (TPSA) is 93.1 Å². The van der Waals surface area contributed by atoms with Gasteiger partial charge in [0, 0.05) is 18.9 Å². The summed E-state index contributed by atoms with van der Waals surface area (Å²) in [5.41, 5.74) is 1.24. The van der Waals surface area contributed by atoms with E-state index in [1.54, 1.807) is 13.0 Å². The van der Waals surface area contributed by atoms with Gasteiger partial charge >= 0.3 is 11.9 Å². The van der Waals surface area contributed by atoms with Gasteiger partial charge in [-0.25, -0.2) is 4.79 Å². The number of aliphatic hydroxyl groups is 2. The molecule has 1 heterocycles. The molecule has 0 bridgehead atoms. The summed E-state index contributed by atoms with van der Waals surface area (Å²) >= 11 is 0. The maximum absolute atomic E-state index is 11.8. The lowest BCUT2D eigenvalue weighted by Crippen LogP contribution is -2.34. The van der Waals surface area contributed by atoms with Crippen LogP contribution in [0.4, 0.5) is 0 Å². The van der Waals surface area contributed by atoms with Gasteiger partial charge in [0.1, 0.15) is 12.2 Å². The third kappa shape index (κ3) is 3.71. The van der Waals surface area contributed by atoms with Crippen LogP contribution < -0.4 is 0 Å². The molecule has 2 N–H and O–H groups in total. The number of ether oxygens (including phenoxy) is 2. The lowest BCUT2D eigenvalue weighted by Gasteiger charge is -2.28. The number of esters is 2. The van der Waals surface area contributed by atoms with E-state index in [9.17, 15) is 19.8 Å². The van der Waals surface area contributed by atoms with Gasteiger partial charge in [-0.05, 0) is 30.6 Å². The summed E-state index contributed by atoms with van der Waals surface area (Å²) in [6, 6.07) is 0. The maximum atomic E-state index is 11.8. The summed E-state index contributed by atoms with van der Waals surface area (Å²) in [5, 5.41) is 20.6. The average Bonchev–Trinajstić information content (AvgIpc) is 2.71. The Morgan fingerprint density at radius 1 is 1.39 bits per heavy atom. The molecule has 2 rings (SSSR count). The van der Waals surface area contributed by atoms with Crippen molar-refractivity contribution in [2.45, 2.75) is 51.1 Å². The van der Waals surface area contributed by atoms with Gasteiger partial charge in [0.15, 0.2) is 0 Å². The van der Waals surface area contributed by atoms with Crippen molar-refractivity contribution in [2.75, 3.05) is 0 Å². The van der Waals surface area contributed by atoms with E-state index < -0.39 is 42.3 Å². The highest BCUT2D eigenvalue weighted by molar-refractivity contribution is 5.91. The molecule has 126 valence electrons. The van der Waals surface area contributed by atoms with Crippen LogP contribution in [0.15, 0.2) is 36.0 Å². The molecule has 0 saturated carbocycles. The first-order valence-corrected chi connectivity index (χ1v) is 7.49. The van der Waals surface area contributed by atoms with Crippen LogP contribution in [0.1, 0.15) is 26.7 Å². The molecule has 0 radical (unpaired) electrons.